The molecule has 6 rings (SSSR count). The Morgan fingerprint density at radius 1 is 1.12 bits per heavy atom. The number of rotatable bonds is 5. The summed E-state index contributed by atoms with van der Waals surface area (Å²) >= 11 is 0. The van der Waals surface area contributed by atoms with Crippen molar-refractivity contribution in [3.63, 3.8) is 0 Å². The van der Waals surface area contributed by atoms with Crippen LogP contribution in [0.3, 0.4) is 0 Å². The van der Waals surface area contributed by atoms with Crippen LogP contribution in [0.2, 0.25) is 0 Å². The van der Waals surface area contributed by atoms with Gasteiger partial charge in [0.1, 0.15) is 0 Å². The molecule has 2 saturated heterocycles. The van der Waals surface area contributed by atoms with Crippen LogP contribution in [0.25, 0.3) is 27.9 Å². The average Bonchev–Trinajstić information content (AvgIpc) is 3.31. The van der Waals surface area contributed by atoms with Crippen LogP contribution in [-0.2, 0) is 4.74 Å². The zero-order valence-electron chi connectivity index (χ0n) is 19.2. The van der Waals surface area contributed by atoms with E-state index in [2.05, 4.69) is 38.7 Å². The number of anilines is 2. The van der Waals surface area contributed by atoms with Crippen LogP contribution in [0.1, 0.15) is 12.8 Å². The first-order chi connectivity index (χ1) is 16.8. The number of imidazole rings is 1. The van der Waals surface area contributed by atoms with Crippen LogP contribution in [0.5, 0.6) is 0 Å². The number of para-hydroxylation sites is 1. The highest BCUT2D eigenvalue weighted by molar-refractivity contribution is 5.92. The molecule has 4 heterocycles. The second kappa shape index (κ2) is 9.12. The van der Waals surface area contributed by atoms with Gasteiger partial charge in [0.25, 0.3) is 5.56 Å². The van der Waals surface area contributed by atoms with Gasteiger partial charge in [0, 0.05) is 42.5 Å². The molecule has 0 spiro atoms. The Morgan fingerprint density at radius 2 is 2.00 bits per heavy atom. The Hall–Kier alpha value is -3.36. The fourth-order valence-electron chi connectivity index (χ4n) is 5.11. The summed E-state index contributed by atoms with van der Waals surface area (Å²) in [6.07, 6.45) is 2.41. The third kappa shape index (κ3) is 4.03. The van der Waals surface area contributed by atoms with Crippen LogP contribution in [0.4, 0.5) is 11.4 Å². The van der Waals surface area contributed by atoms with Gasteiger partial charge in [0.05, 0.1) is 29.8 Å². The number of hydrogen-bond donors (Lipinski definition) is 3. The smallest absolute Gasteiger partial charge is 0.260 e. The monoisotopic (exact) mass is 458 g/mol. The summed E-state index contributed by atoms with van der Waals surface area (Å²) in [6.45, 7) is 6.21. The number of nitrogens with zero attached hydrogens (tertiary/aromatic N) is 3. The van der Waals surface area contributed by atoms with Gasteiger partial charge in [-0.15, -0.1) is 0 Å². The van der Waals surface area contributed by atoms with Gasteiger partial charge < -0.3 is 25.3 Å². The normalized spacial score (nSPS) is 19.1. The zero-order chi connectivity index (χ0) is 22.9. The third-order valence-corrected chi connectivity index (χ3v) is 6.94. The highest BCUT2D eigenvalue weighted by Crippen LogP contribution is 2.26. The van der Waals surface area contributed by atoms with Crippen molar-refractivity contribution < 1.29 is 4.74 Å². The fourth-order valence-corrected chi connectivity index (χ4v) is 5.11. The largest absolute Gasteiger partial charge is 0.384 e. The number of pyridine rings is 1. The molecule has 0 amide bonds. The predicted octanol–water partition coefficient (Wildman–Crippen LogP) is 3.12. The number of H-pyrrole nitrogens is 1. The summed E-state index contributed by atoms with van der Waals surface area (Å²) in [6, 6.07) is 15.9. The molecule has 2 fully saturated rings. The van der Waals surface area contributed by atoms with Gasteiger partial charge in [0.15, 0.2) is 0 Å². The molecular weight excluding hydrogens is 428 g/mol. The first-order valence-electron chi connectivity index (χ1n) is 12.2. The van der Waals surface area contributed by atoms with E-state index in [1.54, 1.807) is 10.6 Å². The van der Waals surface area contributed by atoms with E-state index >= 15 is 0 Å². The second-order valence-electron chi connectivity index (χ2n) is 9.20. The number of benzene rings is 2. The van der Waals surface area contributed by atoms with Crippen molar-refractivity contribution in [2.75, 3.05) is 56.2 Å². The first kappa shape index (κ1) is 21.2. The van der Waals surface area contributed by atoms with Crippen LogP contribution >= 0.6 is 0 Å². The highest BCUT2D eigenvalue weighted by Gasteiger charge is 2.17. The Balaban J connectivity index is 1.36. The minimum atomic E-state index is -0.101. The molecule has 2 aliphatic heterocycles. The summed E-state index contributed by atoms with van der Waals surface area (Å²) < 4.78 is 7.16. The molecule has 0 saturated carbocycles. The molecule has 2 aromatic carbocycles. The molecule has 1 unspecified atom stereocenters. The van der Waals surface area contributed by atoms with Crippen LogP contribution in [-0.4, -0.2) is 60.5 Å². The maximum absolute atomic E-state index is 13.3. The molecule has 3 N–H and O–H groups in total. The number of aromatic amines is 1. The molecule has 2 aromatic heterocycles. The molecule has 0 radical (unpaired) electrons. The Labute approximate surface area is 197 Å². The molecule has 8 heteroatoms. The van der Waals surface area contributed by atoms with Gasteiger partial charge in [-0.3, -0.25) is 4.79 Å². The molecule has 2 aliphatic rings. The third-order valence-electron chi connectivity index (χ3n) is 6.94. The molecule has 176 valence electrons. The lowest BCUT2D eigenvalue weighted by Gasteiger charge is -2.28. The minimum absolute atomic E-state index is 0.101. The van der Waals surface area contributed by atoms with Crippen molar-refractivity contribution in [1.29, 1.82) is 0 Å². The van der Waals surface area contributed by atoms with Crippen LogP contribution in [0, 0.1) is 5.92 Å². The zero-order valence-corrected chi connectivity index (χ0v) is 19.2. The Morgan fingerprint density at radius 3 is 2.85 bits per heavy atom. The maximum atomic E-state index is 13.3. The number of aromatic nitrogens is 3. The van der Waals surface area contributed by atoms with Crippen LogP contribution < -0.4 is 21.1 Å². The summed E-state index contributed by atoms with van der Waals surface area (Å²) in [5, 5.41) is 8.02. The van der Waals surface area contributed by atoms with Gasteiger partial charge in [0.2, 0.25) is 5.95 Å². The maximum Gasteiger partial charge on any atom is 0.260 e. The first-order valence-corrected chi connectivity index (χ1v) is 12.2. The van der Waals surface area contributed by atoms with E-state index in [1.807, 2.05) is 24.3 Å². The molecule has 8 nitrogen and oxygen atoms in total. The van der Waals surface area contributed by atoms with E-state index in [1.165, 1.54) is 12.8 Å². The number of fused-ring (bicyclic) bond motifs is 2. The summed E-state index contributed by atoms with van der Waals surface area (Å²) in [7, 11) is 0. The number of ether oxygens (including phenoxy) is 1. The lowest BCUT2D eigenvalue weighted by molar-refractivity contribution is 0.122. The van der Waals surface area contributed by atoms with Gasteiger partial charge in [-0.1, -0.05) is 18.2 Å². The predicted molar refractivity (Wildman–Crippen MR) is 136 cm³/mol. The topological polar surface area (TPSA) is 87.2 Å². The van der Waals surface area contributed by atoms with E-state index in [0.29, 0.717) is 11.9 Å². The van der Waals surface area contributed by atoms with Crippen molar-refractivity contribution in [2.45, 2.75) is 12.8 Å². The molecule has 34 heavy (non-hydrogen) atoms. The summed E-state index contributed by atoms with van der Waals surface area (Å²) in [4.78, 5) is 23.8. The SMILES string of the molecule is O=c1cc(NCC2CCCNC2)c2ccccc2n1-c1nc2ccc(N3CCOCC3)cc2[nH]1. The van der Waals surface area contributed by atoms with E-state index in [0.717, 1.165) is 79.2 Å². The highest BCUT2D eigenvalue weighted by atomic mass is 16.5. The number of nitrogens with one attached hydrogen (secondary N) is 3. The minimum Gasteiger partial charge on any atom is -0.384 e. The van der Waals surface area contributed by atoms with E-state index in [4.69, 9.17) is 9.72 Å². The van der Waals surface area contributed by atoms with Crippen molar-refractivity contribution in [3.8, 4) is 5.95 Å². The van der Waals surface area contributed by atoms with E-state index < -0.39 is 0 Å². The lowest BCUT2D eigenvalue weighted by Crippen LogP contribution is -2.36. The van der Waals surface area contributed by atoms with E-state index in [9.17, 15) is 4.79 Å². The number of morpholine rings is 1. The van der Waals surface area contributed by atoms with Crippen LogP contribution in [0.15, 0.2) is 53.3 Å². The molecule has 1 atom stereocenters. The number of hydrogen-bond acceptors (Lipinski definition) is 6. The molecule has 4 aromatic rings. The Bertz CT molecular complexity index is 1360. The van der Waals surface area contributed by atoms with Gasteiger partial charge in [-0.2, -0.15) is 0 Å². The van der Waals surface area contributed by atoms with Crippen molar-refractivity contribution >= 4 is 33.3 Å². The second-order valence-corrected chi connectivity index (χ2v) is 9.20. The molecule has 0 aliphatic carbocycles. The van der Waals surface area contributed by atoms with Crippen molar-refractivity contribution in [3.05, 3.63) is 58.9 Å². The standard InChI is InChI=1S/C26H30N6O2/c33-25-15-22(28-17-18-4-3-9-27-16-18)20-5-1-2-6-24(20)32(25)26-29-21-8-7-19(14-23(21)30-26)31-10-12-34-13-11-31/h1-2,5-8,14-15,18,27-28H,3-4,9-13,16-17H2,(H,29,30). The molecule has 0 bridgehead atoms. The Kier molecular flexibility index (Phi) is 5.68. The fraction of sp³-hybridized carbons (Fsp3) is 0.385. The quantitative estimate of drug-likeness (QED) is 0.426. The van der Waals surface area contributed by atoms with Gasteiger partial charge in [-0.25, -0.2) is 9.55 Å². The van der Waals surface area contributed by atoms with Gasteiger partial charge >= 0.3 is 0 Å². The van der Waals surface area contributed by atoms with Crippen molar-refractivity contribution in [1.82, 2.24) is 19.9 Å². The average molecular weight is 459 g/mol. The van der Waals surface area contributed by atoms with Crippen molar-refractivity contribution in [2.24, 2.45) is 5.92 Å². The summed E-state index contributed by atoms with van der Waals surface area (Å²) in [5.74, 6) is 1.12. The van der Waals surface area contributed by atoms with E-state index in [-0.39, 0.29) is 5.56 Å². The van der Waals surface area contributed by atoms with Gasteiger partial charge in [-0.05, 0) is 56.1 Å². The summed E-state index contributed by atoms with van der Waals surface area (Å²) in [5.41, 5.74) is 4.52. The molecular formula is C26H30N6O2. The number of piperidine rings is 1. The lowest BCUT2D eigenvalue weighted by atomic mass is 9.99.